The van der Waals surface area contributed by atoms with E-state index in [4.69, 9.17) is 0 Å². The third-order valence-corrected chi connectivity index (χ3v) is 5.32. The SMILES string of the molecule is CNC(=O)CCC(C=O)N1Cc2c(cccc2N2CCN(C)CC2)C1=O. The molecule has 0 saturated carbocycles. The van der Waals surface area contributed by atoms with Crippen molar-refractivity contribution in [2.24, 2.45) is 0 Å². The predicted octanol–water partition coefficient (Wildman–Crippen LogP) is 0.488. The molecule has 1 unspecified atom stereocenters. The fourth-order valence-electron chi connectivity index (χ4n) is 3.65. The number of anilines is 1. The average Bonchev–Trinajstić information content (AvgIpc) is 3.00. The number of hydrogen-bond donors (Lipinski definition) is 1. The Hall–Kier alpha value is -2.41. The Morgan fingerprint density at radius 1 is 1.27 bits per heavy atom. The summed E-state index contributed by atoms with van der Waals surface area (Å²) < 4.78 is 0. The number of likely N-dealkylation sites (N-methyl/N-ethyl adjacent to an activating group) is 1. The lowest BCUT2D eigenvalue weighted by atomic mass is 10.1. The molecule has 1 aromatic rings. The molecule has 1 atom stereocenters. The highest BCUT2D eigenvalue weighted by Gasteiger charge is 2.35. The first-order valence-corrected chi connectivity index (χ1v) is 9.07. The smallest absolute Gasteiger partial charge is 0.255 e. The summed E-state index contributed by atoms with van der Waals surface area (Å²) in [6.45, 7) is 4.26. The highest BCUT2D eigenvalue weighted by Crippen LogP contribution is 2.33. The van der Waals surface area contributed by atoms with Crippen LogP contribution in [-0.2, 0) is 16.1 Å². The number of benzene rings is 1. The summed E-state index contributed by atoms with van der Waals surface area (Å²) in [6, 6.07) is 5.22. The van der Waals surface area contributed by atoms with Gasteiger partial charge in [-0.3, -0.25) is 9.59 Å². The summed E-state index contributed by atoms with van der Waals surface area (Å²) in [5, 5.41) is 2.55. The monoisotopic (exact) mass is 358 g/mol. The largest absolute Gasteiger partial charge is 0.369 e. The van der Waals surface area contributed by atoms with Crippen molar-refractivity contribution in [3.63, 3.8) is 0 Å². The molecular weight excluding hydrogens is 332 g/mol. The minimum absolute atomic E-state index is 0.120. The Morgan fingerprint density at radius 2 is 2.00 bits per heavy atom. The lowest BCUT2D eigenvalue weighted by molar-refractivity contribution is -0.121. The van der Waals surface area contributed by atoms with Crippen LogP contribution in [0.1, 0.15) is 28.8 Å². The van der Waals surface area contributed by atoms with Crippen LogP contribution in [0.5, 0.6) is 0 Å². The fraction of sp³-hybridized carbons (Fsp3) is 0.526. The first kappa shape index (κ1) is 18.4. The molecule has 2 amide bonds. The summed E-state index contributed by atoms with van der Waals surface area (Å²) in [7, 11) is 3.68. The number of carbonyl (C=O) groups excluding carboxylic acids is 3. The zero-order valence-corrected chi connectivity index (χ0v) is 15.4. The van der Waals surface area contributed by atoms with Gasteiger partial charge in [0.1, 0.15) is 6.29 Å². The van der Waals surface area contributed by atoms with E-state index in [1.54, 1.807) is 11.9 Å². The Bertz CT molecular complexity index is 698. The second-order valence-corrected chi connectivity index (χ2v) is 6.94. The van der Waals surface area contributed by atoms with Crippen molar-refractivity contribution in [2.45, 2.75) is 25.4 Å². The summed E-state index contributed by atoms with van der Waals surface area (Å²) in [5.41, 5.74) is 2.75. The van der Waals surface area contributed by atoms with Crippen LogP contribution in [0.25, 0.3) is 0 Å². The van der Waals surface area contributed by atoms with Gasteiger partial charge in [0, 0.05) is 63.0 Å². The third-order valence-electron chi connectivity index (χ3n) is 5.32. The van der Waals surface area contributed by atoms with E-state index in [0.29, 0.717) is 18.5 Å². The van der Waals surface area contributed by atoms with Crippen molar-refractivity contribution in [1.29, 1.82) is 0 Å². The van der Waals surface area contributed by atoms with Gasteiger partial charge in [-0.05, 0) is 25.6 Å². The van der Waals surface area contributed by atoms with E-state index in [9.17, 15) is 14.4 Å². The van der Waals surface area contributed by atoms with Gasteiger partial charge in [0.25, 0.3) is 5.91 Å². The molecule has 26 heavy (non-hydrogen) atoms. The van der Waals surface area contributed by atoms with Gasteiger partial charge in [-0.2, -0.15) is 0 Å². The quantitative estimate of drug-likeness (QED) is 0.749. The number of hydrogen-bond acceptors (Lipinski definition) is 5. The number of amides is 2. The van der Waals surface area contributed by atoms with Crippen molar-refractivity contribution in [3.8, 4) is 0 Å². The molecule has 0 radical (unpaired) electrons. The number of rotatable bonds is 6. The van der Waals surface area contributed by atoms with E-state index >= 15 is 0 Å². The first-order valence-electron chi connectivity index (χ1n) is 9.07. The molecule has 1 aromatic carbocycles. The topological polar surface area (TPSA) is 73.0 Å². The van der Waals surface area contributed by atoms with Gasteiger partial charge in [0.05, 0.1) is 6.04 Å². The molecule has 0 bridgehead atoms. The summed E-state index contributed by atoms with van der Waals surface area (Å²) in [5.74, 6) is -0.246. The molecule has 7 nitrogen and oxygen atoms in total. The average molecular weight is 358 g/mol. The summed E-state index contributed by atoms with van der Waals surface area (Å²) in [6.07, 6.45) is 1.35. The van der Waals surface area contributed by atoms with Crippen LogP contribution in [-0.4, -0.2) is 74.2 Å². The summed E-state index contributed by atoms with van der Waals surface area (Å²) in [4.78, 5) is 42.1. The molecule has 140 valence electrons. The van der Waals surface area contributed by atoms with E-state index in [1.807, 2.05) is 12.1 Å². The van der Waals surface area contributed by atoms with Crippen molar-refractivity contribution in [2.75, 3.05) is 45.2 Å². The molecular formula is C19H26N4O3. The fourth-order valence-corrected chi connectivity index (χ4v) is 3.65. The van der Waals surface area contributed by atoms with Crippen molar-refractivity contribution >= 4 is 23.8 Å². The van der Waals surface area contributed by atoms with Gasteiger partial charge in [-0.1, -0.05) is 6.07 Å². The normalized spacial score (nSPS) is 18.6. The predicted molar refractivity (Wildman–Crippen MR) is 99.2 cm³/mol. The highest BCUT2D eigenvalue weighted by atomic mass is 16.2. The van der Waals surface area contributed by atoms with Gasteiger partial charge in [0.15, 0.2) is 0 Å². The third kappa shape index (κ3) is 3.58. The van der Waals surface area contributed by atoms with Gasteiger partial charge in [0.2, 0.25) is 5.91 Å². The zero-order valence-electron chi connectivity index (χ0n) is 15.4. The van der Waals surface area contributed by atoms with E-state index in [0.717, 1.165) is 43.7 Å². The Kier molecular flexibility index (Phi) is 5.56. The molecule has 2 aliphatic heterocycles. The van der Waals surface area contributed by atoms with E-state index < -0.39 is 6.04 Å². The number of piperazine rings is 1. The maximum absolute atomic E-state index is 12.8. The van der Waals surface area contributed by atoms with Crippen LogP contribution >= 0.6 is 0 Å². The van der Waals surface area contributed by atoms with E-state index in [1.165, 1.54) is 0 Å². The molecule has 0 aromatic heterocycles. The number of nitrogens with zero attached hydrogens (tertiary/aromatic N) is 3. The molecule has 0 aliphatic carbocycles. The molecule has 1 N–H and O–H groups in total. The van der Waals surface area contributed by atoms with Crippen molar-refractivity contribution < 1.29 is 14.4 Å². The lowest BCUT2D eigenvalue weighted by Gasteiger charge is -2.35. The lowest BCUT2D eigenvalue weighted by Crippen LogP contribution is -2.44. The minimum Gasteiger partial charge on any atom is -0.369 e. The zero-order chi connectivity index (χ0) is 18.7. The highest BCUT2D eigenvalue weighted by molar-refractivity contribution is 6.01. The minimum atomic E-state index is -0.576. The summed E-state index contributed by atoms with van der Waals surface area (Å²) >= 11 is 0. The standard InChI is InChI=1S/C19H26N4O3/c1-20-18(25)7-6-14(13-24)23-12-16-15(19(23)26)4-3-5-17(16)22-10-8-21(2)9-11-22/h3-5,13-14H,6-12H2,1-2H3,(H,20,25). The Labute approximate surface area is 153 Å². The number of fused-ring (bicyclic) bond motifs is 1. The van der Waals surface area contributed by atoms with Gasteiger partial charge >= 0.3 is 0 Å². The van der Waals surface area contributed by atoms with Gasteiger partial charge in [-0.15, -0.1) is 0 Å². The number of nitrogens with one attached hydrogen (secondary N) is 1. The first-order chi connectivity index (χ1) is 12.5. The number of aldehydes is 1. The molecule has 2 heterocycles. The molecule has 0 spiro atoms. The van der Waals surface area contributed by atoms with Crippen LogP contribution in [0.4, 0.5) is 5.69 Å². The van der Waals surface area contributed by atoms with Crippen molar-refractivity contribution in [1.82, 2.24) is 15.1 Å². The molecule has 3 rings (SSSR count). The van der Waals surface area contributed by atoms with Gasteiger partial charge < -0.3 is 24.8 Å². The Balaban J connectivity index is 1.78. The van der Waals surface area contributed by atoms with Crippen molar-refractivity contribution in [3.05, 3.63) is 29.3 Å². The molecule has 7 heteroatoms. The van der Waals surface area contributed by atoms with Gasteiger partial charge in [-0.25, -0.2) is 0 Å². The van der Waals surface area contributed by atoms with E-state index in [-0.39, 0.29) is 18.2 Å². The Morgan fingerprint density at radius 3 is 2.65 bits per heavy atom. The van der Waals surface area contributed by atoms with Crippen LogP contribution in [0.3, 0.4) is 0 Å². The van der Waals surface area contributed by atoms with Crippen LogP contribution in [0.2, 0.25) is 0 Å². The van der Waals surface area contributed by atoms with Crippen LogP contribution < -0.4 is 10.2 Å². The van der Waals surface area contributed by atoms with Crippen LogP contribution in [0, 0.1) is 0 Å². The molecule has 1 fully saturated rings. The maximum Gasteiger partial charge on any atom is 0.255 e. The second-order valence-electron chi connectivity index (χ2n) is 6.94. The second kappa shape index (κ2) is 7.86. The van der Waals surface area contributed by atoms with Crippen LogP contribution in [0.15, 0.2) is 18.2 Å². The number of carbonyl (C=O) groups is 3. The van der Waals surface area contributed by atoms with E-state index in [2.05, 4.69) is 28.2 Å². The molecule has 1 saturated heterocycles. The molecule has 2 aliphatic rings. The maximum atomic E-state index is 12.8.